The fourth-order valence-corrected chi connectivity index (χ4v) is 4.42. The lowest BCUT2D eigenvalue weighted by atomic mass is 10.1. The molecule has 0 saturated heterocycles. The minimum absolute atomic E-state index is 0.0372. The molecule has 0 fully saturated rings. The number of ketones is 1. The van der Waals surface area contributed by atoms with Gasteiger partial charge in [0, 0.05) is 34.6 Å². The number of aromatic nitrogens is 5. The van der Waals surface area contributed by atoms with Crippen LogP contribution in [0.15, 0.2) is 70.9 Å². The minimum Gasteiger partial charge on any atom is -0.358 e. The Morgan fingerprint density at radius 2 is 1.97 bits per heavy atom. The number of nitrogens with zero attached hydrogens (tertiary/aromatic N) is 4. The molecule has 31 heavy (non-hydrogen) atoms. The van der Waals surface area contributed by atoms with E-state index >= 15 is 0 Å². The van der Waals surface area contributed by atoms with Gasteiger partial charge in [-0.05, 0) is 31.2 Å². The molecule has 3 aromatic heterocycles. The molecule has 5 rings (SSSR count). The summed E-state index contributed by atoms with van der Waals surface area (Å²) in [5.74, 6) is -0.325. The molecule has 2 aromatic carbocycles. The molecule has 154 valence electrons. The third-order valence-electron chi connectivity index (χ3n) is 5.03. The summed E-state index contributed by atoms with van der Waals surface area (Å²) in [5, 5.41) is 9.38. The number of nitrogens with one attached hydrogen (secondary N) is 1. The first-order valence-electron chi connectivity index (χ1n) is 9.48. The van der Waals surface area contributed by atoms with Gasteiger partial charge in [-0.25, -0.2) is 4.39 Å². The van der Waals surface area contributed by atoms with Gasteiger partial charge >= 0.3 is 5.56 Å². The number of fused-ring (bicyclic) bond motifs is 2. The van der Waals surface area contributed by atoms with Gasteiger partial charge in [0.15, 0.2) is 10.9 Å². The van der Waals surface area contributed by atoms with Crippen LogP contribution in [0.1, 0.15) is 16.1 Å². The Morgan fingerprint density at radius 1 is 1.13 bits per heavy atom. The van der Waals surface area contributed by atoms with Crippen molar-refractivity contribution in [3.05, 3.63) is 88.4 Å². The molecule has 0 aliphatic rings. The first-order chi connectivity index (χ1) is 15.0. The summed E-state index contributed by atoms with van der Waals surface area (Å²) in [7, 11) is 0. The molecule has 0 unspecified atom stereocenters. The molecule has 0 spiro atoms. The monoisotopic (exact) mass is 433 g/mol. The smallest absolute Gasteiger partial charge is 0.300 e. The van der Waals surface area contributed by atoms with Crippen molar-refractivity contribution in [1.29, 1.82) is 0 Å². The second-order valence-corrected chi connectivity index (χ2v) is 7.95. The molecule has 0 radical (unpaired) electrons. The number of halogens is 1. The van der Waals surface area contributed by atoms with Gasteiger partial charge in [0.05, 0.1) is 11.4 Å². The first-order valence-corrected chi connectivity index (χ1v) is 10.5. The number of carbonyl (C=O) groups is 1. The molecule has 0 amide bonds. The molecule has 7 nitrogen and oxygen atoms in total. The van der Waals surface area contributed by atoms with Crippen LogP contribution in [-0.2, 0) is 0 Å². The van der Waals surface area contributed by atoms with Gasteiger partial charge in [0.1, 0.15) is 5.82 Å². The van der Waals surface area contributed by atoms with E-state index in [2.05, 4.69) is 15.2 Å². The zero-order valence-electron chi connectivity index (χ0n) is 16.4. The highest BCUT2D eigenvalue weighted by Crippen LogP contribution is 2.25. The molecule has 0 saturated carbocycles. The summed E-state index contributed by atoms with van der Waals surface area (Å²) < 4.78 is 16.4. The SMILES string of the molecule is Cc1[nH]c2ccccc2c1C(=O)CSc1nnc2c(=O)n(-c3cccc(F)c3)ccn12. The Hall–Kier alpha value is -3.72. The number of thioether (sulfide) groups is 1. The lowest BCUT2D eigenvalue weighted by molar-refractivity contribution is 0.102. The van der Waals surface area contributed by atoms with Crippen LogP contribution in [0.2, 0.25) is 0 Å². The van der Waals surface area contributed by atoms with Crippen LogP contribution >= 0.6 is 11.8 Å². The highest BCUT2D eigenvalue weighted by molar-refractivity contribution is 7.99. The van der Waals surface area contributed by atoms with E-state index < -0.39 is 11.4 Å². The molecule has 3 heterocycles. The average molecular weight is 433 g/mol. The van der Waals surface area contributed by atoms with Gasteiger partial charge in [-0.2, -0.15) is 0 Å². The zero-order chi connectivity index (χ0) is 21.5. The molecule has 0 atom stereocenters. The predicted molar refractivity (Wildman–Crippen MR) is 117 cm³/mol. The molecule has 0 aliphatic heterocycles. The highest BCUT2D eigenvalue weighted by Gasteiger charge is 2.18. The van der Waals surface area contributed by atoms with Gasteiger partial charge in [0.25, 0.3) is 0 Å². The van der Waals surface area contributed by atoms with Crippen LogP contribution in [0.25, 0.3) is 22.2 Å². The summed E-state index contributed by atoms with van der Waals surface area (Å²) in [6, 6.07) is 13.4. The fraction of sp³-hybridized carbons (Fsp3) is 0.0909. The second kappa shape index (κ2) is 7.51. The summed E-state index contributed by atoms with van der Waals surface area (Å²) in [6.45, 7) is 1.87. The first kappa shape index (κ1) is 19.3. The van der Waals surface area contributed by atoms with Crippen molar-refractivity contribution in [3.63, 3.8) is 0 Å². The zero-order valence-corrected chi connectivity index (χ0v) is 17.2. The maximum atomic E-state index is 13.5. The number of para-hydroxylation sites is 1. The number of aryl methyl sites for hydroxylation is 1. The summed E-state index contributed by atoms with van der Waals surface area (Å²) in [6.07, 6.45) is 3.16. The van der Waals surface area contributed by atoms with Crippen LogP contribution in [-0.4, -0.2) is 35.7 Å². The Balaban J connectivity index is 1.44. The summed E-state index contributed by atoms with van der Waals surface area (Å²) in [5.41, 5.74) is 2.46. The standard InChI is InChI=1S/C22H16FN5O2S/c1-13-19(16-7-2-3-8-17(16)24-13)18(29)12-31-22-26-25-20-21(30)27(9-10-28(20)22)15-6-4-5-14(23)11-15/h2-11,24H,12H2,1H3. The molecule has 0 bridgehead atoms. The number of Topliss-reactive ketones (excluding diaryl/α,β-unsaturated/α-hetero) is 1. The molecule has 5 aromatic rings. The number of hydrogen-bond acceptors (Lipinski definition) is 5. The van der Waals surface area contributed by atoms with Crippen molar-refractivity contribution < 1.29 is 9.18 Å². The Labute approximate surface area is 179 Å². The third-order valence-corrected chi connectivity index (χ3v) is 5.97. The molecular formula is C22H16FN5O2S. The molecule has 9 heteroatoms. The predicted octanol–water partition coefficient (Wildman–Crippen LogP) is 3.78. The number of rotatable bonds is 5. The lowest BCUT2D eigenvalue weighted by Gasteiger charge is -2.06. The molecular weight excluding hydrogens is 417 g/mol. The fourth-order valence-electron chi connectivity index (χ4n) is 3.63. The van der Waals surface area contributed by atoms with Gasteiger partial charge in [0.2, 0.25) is 5.65 Å². The molecule has 0 aliphatic carbocycles. The van der Waals surface area contributed by atoms with E-state index in [0.29, 0.717) is 16.4 Å². The average Bonchev–Trinajstić information content (AvgIpc) is 3.32. The van der Waals surface area contributed by atoms with Crippen LogP contribution < -0.4 is 5.56 Å². The molecule has 1 N–H and O–H groups in total. The third kappa shape index (κ3) is 3.32. The van der Waals surface area contributed by atoms with Gasteiger partial charge < -0.3 is 4.98 Å². The number of hydrogen-bond donors (Lipinski definition) is 1. The number of aromatic amines is 1. The maximum Gasteiger partial charge on any atom is 0.300 e. The van der Waals surface area contributed by atoms with E-state index in [4.69, 9.17) is 0 Å². The van der Waals surface area contributed by atoms with Crippen LogP contribution in [0, 0.1) is 12.7 Å². The van der Waals surface area contributed by atoms with Crippen molar-refractivity contribution in [2.75, 3.05) is 5.75 Å². The largest absolute Gasteiger partial charge is 0.358 e. The summed E-state index contributed by atoms with van der Waals surface area (Å²) >= 11 is 1.21. The second-order valence-electron chi connectivity index (χ2n) is 7.01. The summed E-state index contributed by atoms with van der Waals surface area (Å²) in [4.78, 5) is 28.9. The lowest BCUT2D eigenvalue weighted by Crippen LogP contribution is -2.20. The van der Waals surface area contributed by atoms with Gasteiger partial charge in [-0.3, -0.25) is 18.6 Å². The van der Waals surface area contributed by atoms with Gasteiger partial charge in [-0.1, -0.05) is 36.0 Å². The van der Waals surface area contributed by atoms with Crippen LogP contribution in [0.5, 0.6) is 0 Å². The van der Waals surface area contributed by atoms with E-state index in [1.807, 2.05) is 31.2 Å². The van der Waals surface area contributed by atoms with Crippen molar-refractivity contribution in [1.82, 2.24) is 24.1 Å². The normalized spacial score (nSPS) is 11.4. The van der Waals surface area contributed by atoms with Crippen LogP contribution in [0.4, 0.5) is 4.39 Å². The van der Waals surface area contributed by atoms with Crippen molar-refractivity contribution >= 4 is 34.1 Å². The van der Waals surface area contributed by atoms with Crippen molar-refractivity contribution in [3.8, 4) is 5.69 Å². The van der Waals surface area contributed by atoms with Crippen LogP contribution in [0.3, 0.4) is 0 Å². The van der Waals surface area contributed by atoms with Crippen molar-refractivity contribution in [2.24, 2.45) is 0 Å². The Morgan fingerprint density at radius 3 is 2.81 bits per heavy atom. The van der Waals surface area contributed by atoms with Gasteiger partial charge in [-0.15, -0.1) is 10.2 Å². The number of H-pyrrole nitrogens is 1. The number of benzene rings is 2. The van der Waals surface area contributed by atoms with Crippen molar-refractivity contribution in [2.45, 2.75) is 12.1 Å². The quantitative estimate of drug-likeness (QED) is 0.337. The highest BCUT2D eigenvalue weighted by atomic mass is 32.2. The maximum absolute atomic E-state index is 13.5. The van der Waals surface area contributed by atoms with E-state index in [0.717, 1.165) is 16.6 Å². The topological polar surface area (TPSA) is 85.1 Å². The Bertz CT molecular complexity index is 1520. The van der Waals surface area contributed by atoms with E-state index in [9.17, 15) is 14.0 Å². The van der Waals surface area contributed by atoms with E-state index in [-0.39, 0.29) is 17.2 Å². The number of carbonyl (C=O) groups excluding carboxylic acids is 1. The van der Waals surface area contributed by atoms with E-state index in [1.165, 1.54) is 45.1 Å². The minimum atomic E-state index is -0.437. The van der Waals surface area contributed by atoms with E-state index in [1.54, 1.807) is 12.3 Å². The Kier molecular flexibility index (Phi) is 4.67.